The van der Waals surface area contributed by atoms with Crippen molar-refractivity contribution in [3.8, 4) is 0 Å². The molecule has 7 nitrogen and oxygen atoms in total. The first-order valence-corrected chi connectivity index (χ1v) is 9.57. The van der Waals surface area contributed by atoms with Gasteiger partial charge in [0.2, 0.25) is 0 Å². The normalized spacial score (nSPS) is 18.5. The number of aromatic nitrogens is 4. The van der Waals surface area contributed by atoms with Gasteiger partial charge in [-0.25, -0.2) is 19.3 Å². The fourth-order valence-electron chi connectivity index (χ4n) is 3.85. The van der Waals surface area contributed by atoms with Gasteiger partial charge in [0.1, 0.15) is 23.8 Å². The number of aryl methyl sites for hydroxylation is 1. The number of anilines is 1. The van der Waals surface area contributed by atoms with E-state index in [4.69, 9.17) is 10.5 Å². The standard InChI is InChI=1S/C22H18FN5O2/c23-14-7-5-13(6-8-14)20-19(29)16-4-2-1-3-15(16)17(30-20)9-10-28-12-27-18-21(24)25-11-26-22(18)28/h1-8,11-12,17,20H,9-10H2,(H2,24,25,26). The number of ketones is 1. The highest BCUT2D eigenvalue weighted by atomic mass is 19.1. The lowest BCUT2D eigenvalue weighted by atomic mass is 9.89. The van der Waals surface area contributed by atoms with E-state index in [1.54, 1.807) is 18.5 Å². The van der Waals surface area contributed by atoms with Gasteiger partial charge in [-0.05, 0) is 29.7 Å². The third kappa shape index (κ3) is 3.11. The van der Waals surface area contributed by atoms with Gasteiger partial charge in [0.25, 0.3) is 0 Å². The Balaban J connectivity index is 1.46. The summed E-state index contributed by atoms with van der Waals surface area (Å²) in [6, 6.07) is 13.3. The van der Waals surface area contributed by atoms with Crippen LogP contribution < -0.4 is 5.73 Å². The molecule has 0 amide bonds. The van der Waals surface area contributed by atoms with Gasteiger partial charge in [0.15, 0.2) is 17.2 Å². The molecular formula is C22H18FN5O2. The molecule has 5 rings (SSSR count). The Morgan fingerprint density at radius 1 is 1.07 bits per heavy atom. The van der Waals surface area contributed by atoms with Gasteiger partial charge < -0.3 is 15.0 Å². The lowest BCUT2D eigenvalue weighted by molar-refractivity contribution is -0.0195. The van der Waals surface area contributed by atoms with Crippen molar-refractivity contribution in [2.24, 2.45) is 0 Å². The number of halogens is 1. The van der Waals surface area contributed by atoms with E-state index in [1.165, 1.54) is 18.5 Å². The molecule has 1 aliphatic rings. The van der Waals surface area contributed by atoms with Crippen molar-refractivity contribution in [2.75, 3.05) is 5.73 Å². The third-order valence-electron chi connectivity index (χ3n) is 5.35. The van der Waals surface area contributed by atoms with Crippen molar-refractivity contribution >= 4 is 22.8 Å². The van der Waals surface area contributed by atoms with Gasteiger partial charge in [-0.3, -0.25) is 4.79 Å². The van der Waals surface area contributed by atoms with Gasteiger partial charge >= 0.3 is 0 Å². The van der Waals surface area contributed by atoms with Gasteiger partial charge in [0, 0.05) is 12.1 Å². The molecule has 0 saturated carbocycles. The first-order chi connectivity index (χ1) is 14.6. The molecule has 150 valence electrons. The van der Waals surface area contributed by atoms with Crippen LogP contribution in [-0.4, -0.2) is 25.3 Å². The maximum absolute atomic E-state index is 13.3. The van der Waals surface area contributed by atoms with E-state index in [-0.39, 0.29) is 17.7 Å². The quantitative estimate of drug-likeness (QED) is 0.559. The molecule has 2 unspecified atom stereocenters. The minimum atomic E-state index is -0.775. The third-order valence-corrected chi connectivity index (χ3v) is 5.35. The zero-order valence-corrected chi connectivity index (χ0v) is 15.9. The molecule has 0 saturated heterocycles. The molecule has 8 heteroatoms. The highest BCUT2D eigenvalue weighted by molar-refractivity contribution is 6.02. The first kappa shape index (κ1) is 18.4. The number of nitrogens with zero attached hydrogens (tertiary/aromatic N) is 4. The van der Waals surface area contributed by atoms with Crippen LogP contribution in [0, 0.1) is 5.82 Å². The van der Waals surface area contributed by atoms with Gasteiger partial charge in [-0.15, -0.1) is 0 Å². The first-order valence-electron chi connectivity index (χ1n) is 9.57. The molecule has 0 aliphatic carbocycles. The minimum Gasteiger partial charge on any atom is -0.382 e. The molecule has 30 heavy (non-hydrogen) atoms. The van der Waals surface area contributed by atoms with Crippen LogP contribution in [0.25, 0.3) is 11.2 Å². The van der Waals surface area contributed by atoms with E-state index in [1.807, 2.05) is 28.8 Å². The molecule has 1 aliphatic heterocycles. The van der Waals surface area contributed by atoms with Crippen molar-refractivity contribution in [2.45, 2.75) is 25.2 Å². The second-order valence-corrected chi connectivity index (χ2v) is 7.17. The summed E-state index contributed by atoms with van der Waals surface area (Å²) < 4.78 is 21.5. The highest BCUT2D eigenvalue weighted by Gasteiger charge is 2.35. The average Bonchev–Trinajstić information content (AvgIpc) is 3.19. The van der Waals surface area contributed by atoms with E-state index in [0.29, 0.717) is 41.1 Å². The van der Waals surface area contributed by atoms with Crippen LogP contribution >= 0.6 is 0 Å². The van der Waals surface area contributed by atoms with Gasteiger partial charge in [0.05, 0.1) is 12.4 Å². The Kier molecular flexibility index (Phi) is 4.48. The largest absolute Gasteiger partial charge is 0.382 e. The molecule has 2 aromatic carbocycles. The number of hydrogen-bond acceptors (Lipinski definition) is 6. The van der Waals surface area contributed by atoms with Crippen molar-refractivity contribution < 1.29 is 13.9 Å². The Labute approximate surface area is 171 Å². The number of nitrogens with two attached hydrogens (primary N) is 1. The molecule has 0 spiro atoms. The molecule has 0 bridgehead atoms. The van der Waals surface area contributed by atoms with Crippen molar-refractivity contribution in [3.05, 3.63) is 83.7 Å². The summed E-state index contributed by atoms with van der Waals surface area (Å²) in [4.78, 5) is 25.6. The van der Waals surface area contributed by atoms with Crippen LogP contribution in [0.1, 0.15) is 40.1 Å². The fourth-order valence-corrected chi connectivity index (χ4v) is 3.85. The topological polar surface area (TPSA) is 95.9 Å². The number of imidazole rings is 1. The molecule has 0 radical (unpaired) electrons. The number of carbonyl (C=O) groups excluding carboxylic acids is 1. The number of nitrogen functional groups attached to an aromatic ring is 1. The number of carbonyl (C=O) groups is 1. The molecular weight excluding hydrogens is 385 g/mol. The lowest BCUT2D eigenvalue weighted by Crippen LogP contribution is -2.27. The Bertz CT molecular complexity index is 1240. The minimum absolute atomic E-state index is 0.123. The van der Waals surface area contributed by atoms with E-state index in [0.717, 1.165) is 5.56 Å². The van der Waals surface area contributed by atoms with Crippen LogP contribution in [0.15, 0.2) is 61.2 Å². The second-order valence-electron chi connectivity index (χ2n) is 7.17. The van der Waals surface area contributed by atoms with Crippen molar-refractivity contribution in [3.63, 3.8) is 0 Å². The SMILES string of the molecule is Nc1ncnc2c1ncn2CCC1OC(c2ccc(F)cc2)C(=O)c2ccccc21. The number of hydrogen-bond donors (Lipinski definition) is 1. The molecule has 4 aromatic rings. The summed E-state index contributed by atoms with van der Waals surface area (Å²) in [5.41, 5.74) is 9.18. The Morgan fingerprint density at radius 3 is 2.70 bits per heavy atom. The predicted molar refractivity (Wildman–Crippen MR) is 108 cm³/mol. The predicted octanol–water partition coefficient (Wildman–Crippen LogP) is 3.63. The molecule has 0 fully saturated rings. The van der Waals surface area contributed by atoms with E-state index in [9.17, 15) is 9.18 Å². The smallest absolute Gasteiger partial charge is 0.196 e. The summed E-state index contributed by atoms with van der Waals surface area (Å²) in [7, 11) is 0. The fraction of sp³-hybridized carbons (Fsp3) is 0.182. The molecule has 2 aromatic heterocycles. The second kappa shape index (κ2) is 7.31. The monoisotopic (exact) mass is 403 g/mol. The molecule has 2 N–H and O–H groups in total. The number of Topliss-reactive ketones (excluding diaryl/α,β-unsaturated/α-hetero) is 1. The average molecular weight is 403 g/mol. The zero-order chi connectivity index (χ0) is 20.7. The van der Waals surface area contributed by atoms with Crippen molar-refractivity contribution in [1.82, 2.24) is 19.5 Å². The summed E-state index contributed by atoms with van der Waals surface area (Å²) in [5, 5.41) is 0. The van der Waals surface area contributed by atoms with Crippen LogP contribution in [0.2, 0.25) is 0 Å². The van der Waals surface area contributed by atoms with Crippen LogP contribution in [-0.2, 0) is 11.3 Å². The summed E-state index contributed by atoms with van der Waals surface area (Å²) in [5.74, 6) is -0.144. The molecule has 2 atom stereocenters. The highest BCUT2D eigenvalue weighted by Crippen LogP contribution is 2.39. The van der Waals surface area contributed by atoms with E-state index in [2.05, 4.69) is 15.0 Å². The number of rotatable bonds is 4. The molecule has 3 heterocycles. The van der Waals surface area contributed by atoms with E-state index < -0.39 is 6.10 Å². The Morgan fingerprint density at radius 2 is 1.87 bits per heavy atom. The number of ether oxygens (including phenoxy) is 1. The van der Waals surface area contributed by atoms with E-state index >= 15 is 0 Å². The lowest BCUT2D eigenvalue weighted by Gasteiger charge is -2.31. The number of fused-ring (bicyclic) bond motifs is 2. The maximum atomic E-state index is 13.3. The van der Waals surface area contributed by atoms with Crippen molar-refractivity contribution in [1.29, 1.82) is 0 Å². The summed E-state index contributed by atoms with van der Waals surface area (Å²) in [6.07, 6.45) is 2.59. The summed E-state index contributed by atoms with van der Waals surface area (Å²) in [6.45, 7) is 0.566. The van der Waals surface area contributed by atoms with Crippen LogP contribution in [0.5, 0.6) is 0 Å². The zero-order valence-electron chi connectivity index (χ0n) is 15.9. The Hall–Kier alpha value is -3.65. The van der Waals surface area contributed by atoms with Gasteiger partial charge in [-0.1, -0.05) is 36.4 Å². The summed E-state index contributed by atoms with van der Waals surface area (Å²) >= 11 is 0. The van der Waals surface area contributed by atoms with Crippen LogP contribution in [0.3, 0.4) is 0 Å². The number of benzene rings is 2. The van der Waals surface area contributed by atoms with Crippen LogP contribution in [0.4, 0.5) is 10.2 Å². The van der Waals surface area contributed by atoms with Gasteiger partial charge in [-0.2, -0.15) is 0 Å². The maximum Gasteiger partial charge on any atom is 0.196 e.